The maximum atomic E-state index is 11.1. The lowest BCUT2D eigenvalue weighted by atomic mass is 10.2. The van der Waals surface area contributed by atoms with Gasteiger partial charge in [0.25, 0.3) is 5.69 Å². The first-order valence-electron chi connectivity index (χ1n) is 6.62. The Labute approximate surface area is 139 Å². The van der Waals surface area contributed by atoms with E-state index in [9.17, 15) is 10.1 Å². The molecule has 1 aromatic carbocycles. The molecule has 0 radical (unpaired) electrons. The van der Waals surface area contributed by atoms with Crippen LogP contribution in [0.15, 0.2) is 47.2 Å². The monoisotopic (exact) mass is 371 g/mol. The van der Waals surface area contributed by atoms with Crippen molar-refractivity contribution in [3.63, 3.8) is 0 Å². The Morgan fingerprint density at radius 1 is 1.35 bits per heavy atom. The summed E-state index contributed by atoms with van der Waals surface area (Å²) in [5, 5.41) is 22.9. The molecule has 0 aliphatic heterocycles. The fourth-order valence-electron chi connectivity index (χ4n) is 2.19. The van der Waals surface area contributed by atoms with Crippen molar-refractivity contribution in [3.8, 4) is 6.07 Å². The molecule has 0 aliphatic carbocycles. The van der Waals surface area contributed by atoms with Crippen molar-refractivity contribution < 1.29 is 4.92 Å². The molecule has 0 bridgehead atoms. The fourth-order valence-corrected chi connectivity index (χ4v) is 2.54. The number of pyridine rings is 1. The molecular formula is C15H10BrN5O2. The lowest BCUT2D eigenvalue weighted by Gasteiger charge is -2.05. The van der Waals surface area contributed by atoms with E-state index in [-0.39, 0.29) is 11.3 Å². The van der Waals surface area contributed by atoms with Crippen molar-refractivity contribution >= 4 is 33.0 Å². The molecule has 3 aromatic rings. The highest BCUT2D eigenvalue weighted by atomic mass is 79.9. The normalized spacial score (nSPS) is 10.4. The third-order valence-electron chi connectivity index (χ3n) is 3.25. The van der Waals surface area contributed by atoms with Crippen LogP contribution in [-0.2, 0) is 6.54 Å². The second-order valence-corrected chi connectivity index (χ2v) is 5.72. The first kappa shape index (κ1) is 15.0. The van der Waals surface area contributed by atoms with Crippen LogP contribution in [-0.4, -0.2) is 14.3 Å². The molecule has 2 aromatic heterocycles. The van der Waals surface area contributed by atoms with Gasteiger partial charge in [-0.25, -0.2) is 4.98 Å². The summed E-state index contributed by atoms with van der Waals surface area (Å²) in [6.07, 6.45) is 3.73. The number of aromatic nitrogens is 2. The number of anilines is 1. The number of nitro groups is 1. The highest BCUT2D eigenvalue weighted by Crippen LogP contribution is 2.26. The van der Waals surface area contributed by atoms with Crippen LogP contribution < -0.4 is 5.32 Å². The second kappa shape index (κ2) is 6.06. The van der Waals surface area contributed by atoms with Gasteiger partial charge in [-0.1, -0.05) is 0 Å². The molecule has 3 rings (SSSR count). The van der Waals surface area contributed by atoms with E-state index in [1.165, 1.54) is 18.2 Å². The summed E-state index contributed by atoms with van der Waals surface area (Å²) < 4.78 is 2.80. The lowest BCUT2D eigenvalue weighted by molar-refractivity contribution is -0.384. The van der Waals surface area contributed by atoms with E-state index in [0.29, 0.717) is 12.2 Å². The van der Waals surface area contributed by atoms with Crippen molar-refractivity contribution in [2.75, 3.05) is 5.32 Å². The molecule has 0 unspecified atom stereocenters. The summed E-state index contributed by atoms with van der Waals surface area (Å²) in [7, 11) is 0. The van der Waals surface area contributed by atoms with Crippen molar-refractivity contribution in [2.24, 2.45) is 0 Å². The number of nitrogens with zero attached hydrogens (tertiary/aromatic N) is 4. The van der Waals surface area contributed by atoms with Crippen LogP contribution >= 0.6 is 15.9 Å². The van der Waals surface area contributed by atoms with E-state index in [0.717, 1.165) is 15.8 Å². The zero-order valence-electron chi connectivity index (χ0n) is 11.7. The number of nitrogens with one attached hydrogen (secondary N) is 1. The van der Waals surface area contributed by atoms with Gasteiger partial charge in [-0.15, -0.1) is 0 Å². The lowest BCUT2D eigenvalue weighted by Crippen LogP contribution is -2.03. The Kier molecular flexibility index (Phi) is 3.95. The van der Waals surface area contributed by atoms with Gasteiger partial charge in [-0.3, -0.25) is 10.1 Å². The molecule has 0 fully saturated rings. The number of halogens is 1. The fraction of sp³-hybridized carbons (Fsp3) is 0.0667. The van der Waals surface area contributed by atoms with Gasteiger partial charge in [0.15, 0.2) is 0 Å². The van der Waals surface area contributed by atoms with E-state index in [4.69, 9.17) is 5.26 Å². The van der Waals surface area contributed by atoms with Gasteiger partial charge < -0.3 is 9.72 Å². The van der Waals surface area contributed by atoms with Gasteiger partial charge in [0.1, 0.15) is 11.3 Å². The third kappa shape index (κ3) is 3.14. The topological polar surface area (TPSA) is 96.3 Å². The van der Waals surface area contributed by atoms with Crippen LogP contribution in [0.1, 0.15) is 11.3 Å². The van der Waals surface area contributed by atoms with Crippen LogP contribution in [0.3, 0.4) is 0 Å². The Morgan fingerprint density at radius 2 is 2.17 bits per heavy atom. The Morgan fingerprint density at radius 3 is 2.91 bits per heavy atom. The summed E-state index contributed by atoms with van der Waals surface area (Å²) in [6, 6.07) is 9.98. The molecule has 0 saturated carbocycles. The maximum absolute atomic E-state index is 11.1. The number of hydrogen-bond donors (Lipinski definition) is 1. The first-order chi connectivity index (χ1) is 11.1. The molecule has 2 heterocycles. The van der Waals surface area contributed by atoms with E-state index in [1.807, 2.05) is 35.0 Å². The van der Waals surface area contributed by atoms with Gasteiger partial charge in [0.05, 0.1) is 28.8 Å². The number of imidazole rings is 1. The Bertz CT molecular complexity index is 945. The average Bonchev–Trinajstić information content (AvgIpc) is 2.94. The van der Waals surface area contributed by atoms with E-state index in [1.54, 1.807) is 0 Å². The molecule has 0 saturated heterocycles. The van der Waals surface area contributed by atoms with Crippen LogP contribution in [0, 0.1) is 21.4 Å². The van der Waals surface area contributed by atoms with E-state index >= 15 is 0 Å². The summed E-state index contributed by atoms with van der Waals surface area (Å²) in [5.41, 5.74) is 2.02. The molecule has 0 atom stereocenters. The minimum atomic E-state index is -0.510. The van der Waals surface area contributed by atoms with Gasteiger partial charge in [0.2, 0.25) is 0 Å². The predicted molar refractivity (Wildman–Crippen MR) is 88.0 cm³/mol. The number of hydrogen-bond acceptors (Lipinski definition) is 5. The maximum Gasteiger partial charge on any atom is 0.293 e. The molecule has 1 N–H and O–H groups in total. The average molecular weight is 372 g/mol. The quantitative estimate of drug-likeness (QED) is 0.559. The van der Waals surface area contributed by atoms with Crippen molar-refractivity contribution in [3.05, 3.63) is 68.6 Å². The number of benzene rings is 1. The summed E-state index contributed by atoms with van der Waals surface area (Å²) in [4.78, 5) is 15.0. The molecule has 7 nitrogen and oxygen atoms in total. The van der Waals surface area contributed by atoms with Crippen LogP contribution in [0.4, 0.5) is 11.4 Å². The highest BCUT2D eigenvalue weighted by molar-refractivity contribution is 9.10. The predicted octanol–water partition coefficient (Wildman–Crippen LogP) is 3.49. The third-order valence-corrected chi connectivity index (χ3v) is 3.72. The summed E-state index contributed by atoms with van der Waals surface area (Å²) >= 11 is 3.39. The molecule has 0 amide bonds. The number of nitriles is 1. The summed E-state index contributed by atoms with van der Waals surface area (Å²) in [6.45, 7) is 0.339. The van der Waals surface area contributed by atoms with Crippen molar-refractivity contribution in [1.29, 1.82) is 5.26 Å². The highest BCUT2D eigenvalue weighted by Gasteiger charge is 2.15. The number of nitro benzene ring substituents is 1. The van der Waals surface area contributed by atoms with Crippen LogP contribution in [0.5, 0.6) is 0 Å². The SMILES string of the molecule is N#Cc1ccc(NCc2cn3cc(Br)ccc3n2)c([N+](=O)[O-])c1. The molecule has 0 spiro atoms. The van der Waals surface area contributed by atoms with Crippen LogP contribution in [0.25, 0.3) is 5.65 Å². The minimum absolute atomic E-state index is 0.129. The zero-order chi connectivity index (χ0) is 16.4. The van der Waals surface area contributed by atoms with Crippen LogP contribution in [0.2, 0.25) is 0 Å². The van der Waals surface area contributed by atoms with Crippen molar-refractivity contribution in [2.45, 2.75) is 6.54 Å². The van der Waals surface area contributed by atoms with Gasteiger partial charge in [-0.05, 0) is 40.2 Å². The Hall–Kier alpha value is -2.92. The molecule has 8 heteroatoms. The number of fused-ring (bicyclic) bond motifs is 1. The van der Waals surface area contributed by atoms with Gasteiger partial charge in [-0.2, -0.15) is 5.26 Å². The smallest absolute Gasteiger partial charge is 0.293 e. The van der Waals surface area contributed by atoms with Gasteiger partial charge >= 0.3 is 0 Å². The first-order valence-corrected chi connectivity index (χ1v) is 7.41. The zero-order valence-corrected chi connectivity index (χ0v) is 13.3. The van der Waals surface area contributed by atoms with E-state index in [2.05, 4.69) is 26.2 Å². The summed E-state index contributed by atoms with van der Waals surface area (Å²) in [5.74, 6) is 0. The number of rotatable bonds is 4. The minimum Gasteiger partial charge on any atom is -0.374 e. The van der Waals surface area contributed by atoms with E-state index < -0.39 is 4.92 Å². The molecule has 23 heavy (non-hydrogen) atoms. The standard InChI is InChI=1S/C15H10BrN5O2/c16-11-2-4-15-19-12(9-20(15)8-11)7-18-13-3-1-10(6-17)5-14(13)21(22)23/h1-5,8-9,18H,7H2. The molecule has 114 valence electrons. The second-order valence-electron chi connectivity index (χ2n) is 4.80. The Balaban J connectivity index is 1.84. The van der Waals surface area contributed by atoms with Gasteiger partial charge in [0, 0.05) is 22.9 Å². The largest absolute Gasteiger partial charge is 0.374 e. The molecular weight excluding hydrogens is 362 g/mol. The van der Waals surface area contributed by atoms with Crippen molar-refractivity contribution in [1.82, 2.24) is 9.38 Å². The molecule has 0 aliphatic rings.